The first kappa shape index (κ1) is 14.1. The minimum absolute atomic E-state index is 0.0463. The first-order chi connectivity index (χ1) is 6.60. The van der Waals surface area contributed by atoms with Gasteiger partial charge in [0.25, 0.3) is 0 Å². The molecule has 0 rings (SSSR count). The quantitative estimate of drug-likeness (QED) is 0.611. The van der Waals surface area contributed by atoms with Gasteiger partial charge in [0.2, 0.25) is 0 Å². The Morgan fingerprint density at radius 3 is 2.14 bits per heavy atom. The summed E-state index contributed by atoms with van der Waals surface area (Å²) in [7, 11) is -3.40. The molecule has 2 N–H and O–H groups in total. The second-order valence-electron chi connectivity index (χ2n) is 2.72. The maximum Gasteiger partial charge on any atom is 0.358 e. The van der Waals surface area contributed by atoms with Crippen LogP contribution in [0, 0.1) is 0 Å². The van der Waals surface area contributed by atoms with Crippen LogP contribution in [-0.2, 0) is 13.6 Å². The molecule has 0 spiro atoms. The van der Waals surface area contributed by atoms with Crippen molar-refractivity contribution in [3.05, 3.63) is 0 Å². The van der Waals surface area contributed by atoms with Crippen molar-refractivity contribution in [1.29, 1.82) is 0 Å². The number of aliphatic hydroxyl groups is 2. The second-order valence-corrected chi connectivity index (χ2v) is 4.91. The van der Waals surface area contributed by atoms with E-state index in [0.717, 1.165) is 0 Å². The van der Waals surface area contributed by atoms with Gasteiger partial charge in [-0.3, -0.25) is 4.57 Å². The van der Waals surface area contributed by atoms with E-state index in [-0.39, 0.29) is 26.2 Å². The molecule has 6 heteroatoms. The fourth-order valence-electron chi connectivity index (χ4n) is 1.00. The molecule has 86 valence electrons. The van der Waals surface area contributed by atoms with Crippen molar-refractivity contribution >= 4 is 7.60 Å². The lowest BCUT2D eigenvalue weighted by molar-refractivity contribution is 0.137. The molecule has 5 nitrogen and oxygen atoms in total. The Labute approximate surface area is 84.6 Å². The van der Waals surface area contributed by atoms with Gasteiger partial charge in [0.05, 0.1) is 13.2 Å². The van der Waals surface area contributed by atoms with Crippen LogP contribution in [0.4, 0.5) is 0 Å². The normalized spacial score (nSPS) is 14.3. The maximum atomic E-state index is 11.8. The third-order valence-electron chi connectivity index (χ3n) is 1.60. The van der Waals surface area contributed by atoms with Gasteiger partial charge in [-0.25, -0.2) is 0 Å². The lowest BCUT2D eigenvalue weighted by Gasteiger charge is -2.21. The zero-order valence-corrected chi connectivity index (χ0v) is 9.57. The molecule has 0 aliphatic rings. The molecule has 0 aliphatic heterocycles. The van der Waals surface area contributed by atoms with Gasteiger partial charge < -0.3 is 19.3 Å². The third kappa shape index (κ3) is 4.53. The van der Waals surface area contributed by atoms with E-state index in [1.807, 2.05) is 0 Å². The highest BCUT2D eigenvalue weighted by Crippen LogP contribution is 2.53. The number of aliphatic hydroxyl groups excluding tert-OH is 2. The molecule has 0 amide bonds. The zero-order chi connectivity index (χ0) is 11.0. The summed E-state index contributed by atoms with van der Waals surface area (Å²) in [4.78, 5) is 0. The van der Waals surface area contributed by atoms with Gasteiger partial charge in [-0.1, -0.05) is 0 Å². The Hall–Kier alpha value is 0.0700. The summed E-state index contributed by atoms with van der Waals surface area (Å²) in [5, 5.41) is 18.1. The molecule has 0 aliphatic carbocycles. The van der Waals surface area contributed by atoms with Crippen LogP contribution >= 0.6 is 7.60 Å². The second kappa shape index (κ2) is 7.37. The van der Waals surface area contributed by atoms with Gasteiger partial charge in [0, 0.05) is 6.61 Å². The van der Waals surface area contributed by atoms with E-state index in [9.17, 15) is 9.67 Å². The fourth-order valence-corrected chi connectivity index (χ4v) is 2.64. The smallest absolute Gasteiger partial charge is 0.358 e. The zero-order valence-electron chi connectivity index (χ0n) is 8.68. The molecule has 0 saturated carbocycles. The van der Waals surface area contributed by atoms with Crippen LogP contribution in [0.25, 0.3) is 0 Å². The van der Waals surface area contributed by atoms with Crippen LogP contribution in [-0.4, -0.2) is 35.9 Å². The van der Waals surface area contributed by atoms with Crippen LogP contribution in [0.1, 0.15) is 26.7 Å². The third-order valence-corrected chi connectivity index (χ3v) is 3.83. The summed E-state index contributed by atoms with van der Waals surface area (Å²) in [6, 6.07) is 0. The van der Waals surface area contributed by atoms with E-state index in [1.165, 1.54) is 0 Å². The number of hydrogen-bond acceptors (Lipinski definition) is 5. The van der Waals surface area contributed by atoms with Crippen molar-refractivity contribution in [3.63, 3.8) is 0 Å². The molecule has 1 atom stereocenters. The Morgan fingerprint density at radius 2 is 1.79 bits per heavy atom. The monoisotopic (exact) mass is 226 g/mol. The summed E-state index contributed by atoms with van der Waals surface area (Å²) in [6.07, 6.45) is 0.596. The average Bonchev–Trinajstić information content (AvgIpc) is 2.15. The van der Waals surface area contributed by atoms with Crippen LogP contribution in [0.5, 0.6) is 0 Å². The van der Waals surface area contributed by atoms with E-state index in [4.69, 9.17) is 14.2 Å². The van der Waals surface area contributed by atoms with Gasteiger partial charge in [0.1, 0.15) is 0 Å². The summed E-state index contributed by atoms with van der Waals surface area (Å²) in [5.74, 6) is -1.14. The minimum Gasteiger partial charge on any atom is -0.396 e. The fraction of sp³-hybridized carbons (Fsp3) is 1.00. The number of hydrogen-bond donors (Lipinski definition) is 2. The van der Waals surface area contributed by atoms with Gasteiger partial charge >= 0.3 is 7.60 Å². The molecule has 0 aromatic heterocycles. The minimum atomic E-state index is -3.40. The van der Waals surface area contributed by atoms with E-state index in [2.05, 4.69) is 0 Å². The van der Waals surface area contributed by atoms with E-state index >= 15 is 0 Å². The Kier molecular flexibility index (Phi) is 7.41. The Morgan fingerprint density at radius 1 is 1.29 bits per heavy atom. The Balaban J connectivity index is 4.23. The van der Waals surface area contributed by atoms with Crippen LogP contribution in [0.2, 0.25) is 0 Å². The van der Waals surface area contributed by atoms with Gasteiger partial charge in [-0.2, -0.15) is 0 Å². The Bertz CT molecular complexity index is 175. The lowest BCUT2D eigenvalue weighted by atomic mass is 10.3. The summed E-state index contributed by atoms with van der Waals surface area (Å²) in [5.41, 5.74) is 0. The molecule has 0 fully saturated rings. The highest BCUT2D eigenvalue weighted by atomic mass is 31.2. The van der Waals surface area contributed by atoms with Gasteiger partial charge in [-0.15, -0.1) is 0 Å². The van der Waals surface area contributed by atoms with Crippen molar-refractivity contribution in [3.8, 4) is 0 Å². The van der Waals surface area contributed by atoms with Crippen LogP contribution in [0.15, 0.2) is 0 Å². The highest BCUT2D eigenvalue weighted by molar-refractivity contribution is 7.54. The summed E-state index contributed by atoms with van der Waals surface area (Å²) in [6.45, 7) is 3.78. The topological polar surface area (TPSA) is 76.0 Å². The molecule has 0 bridgehead atoms. The largest absolute Gasteiger partial charge is 0.396 e. The highest BCUT2D eigenvalue weighted by Gasteiger charge is 2.33. The van der Waals surface area contributed by atoms with Crippen molar-refractivity contribution in [2.24, 2.45) is 0 Å². The molecular formula is C8H19O5P. The van der Waals surface area contributed by atoms with Crippen molar-refractivity contribution in [2.75, 3.05) is 19.8 Å². The molecule has 0 aromatic rings. The van der Waals surface area contributed by atoms with Crippen LogP contribution in [0.3, 0.4) is 0 Å². The lowest BCUT2D eigenvalue weighted by Crippen LogP contribution is -2.13. The average molecular weight is 226 g/mol. The molecular weight excluding hydrogens is 207 g/mol. The van der Waals surface area contributed by atoms with E-state index in [0.29, 0.717) is 6.42 Å². The maximum absolute atomic E-state index is 11.8. The first-order valence-electron chi connectivity index (χ1n) is 4.78. The van der Waals surface area contributed by atoms with Crippen LogP contribution < -0.4 is 0 Å². The predicted molar refractivity (Wildman–Crippen MR) is 53.2 cm³/mol. The number of rotatable bonds is 8. The molecule has 0 radical (unpaired) electrons. The standard InChI is InChI=1S/C8H19O5P/c1-3-12-14(11,13-4-2)8(10)6-5-7-9/h8-10H,3-7H2,1-2H3/t8-/m0/s1. The molecule has 0 saturated heterocycles. The molecule has 0 aromatic carbocycles. The first-order valence-corrected chi connectivity index (χ1v) is 6.39. The predicted octanol–water partition coefficient (Wildman–Crippen LogP) is 1.34. The van der Waals surface area contributed by atoms with Gasteiger partial charge in [-0.05, 0) is 26.7 Å². The van der Waals surface area contributed by atoms with E-state index in [1.54, 1.807) is 13.8 Å². The van der Waals surface area contributed by atoms with Crippen molar-refractivity contribution < 1.29 is 23.8 Å². The molecule has 0 unspecified atom stereocenters. The van der Waals surface area contributed by atoms with E-state index < -0.39 is 13.4 Å². The summed E-state index contributed by atoms with van der Waals surface area (Å²) < 4.78 is 21.7. The summed E-state index contributed by atoms with van der Waals surface area (Å²) >= 11 is 0. The van der Waals surface area contributed by atoms with Gasteiger partial charge in [0.15, 0.2) is 5.85 Å². The van der Waals surface area contributed by atoms with Crippen molar-refractivity contribution in [1.82, 2.24) is 0 Å². The molecule has 14 heavy (non-hydrogen) atoms. The SMILES string of the molecule is CCOP(=O)(OCC)[C@H](O)CCCO. The molecule has 0 heterocycles. The van der Waals surface area contributed by atoms with Crippen molar-refractivity contribution in [2.45, 2.75) is 32.5 Å².